The van der Waals surface area contributed by atoms with Crippen molar-refractivity contribution in [3.05, 3.63) is 71.8 Å². The molecule has 0 saturated carbocycles. The Kier molecular flexibility index (Phi) is 10.9. The second-order valence-electron chi connectivity index (χ2n) is 10.6. The molecule has 5 nitrogen and oxygen atoms in total. The number of thioether (sulfide) groups is 1. The largest absolute Gasteiger partial charge is 0.478 e. The highest BCUT2D eigenvalue weighted by Crippen LogP contribution is 2.39. The van der Waals surface area contributed by atoms with Crippen molar-refractivity contribution in [2.75, 3.05) is 19.0 Å². The van der Waals surface area contributed by atoms with Crippen LogP contribution in [0.15, 0.2) is 70.6 Å². The lowest BCUT2D eigenvalue weighted by atomic mass is 9.83. The highest BCUT2D eigenvalue weighted by atomic mass is 32.2. The van der Waals surface area contributed by atoms with Crippen molar-refractivity contribution in [1.82, 2.24) is 0 Å². The first-order valence-corrected chi connectivity index (χ1v) is 15.2. The minimum absolute atomic E-state index is 0.0197. The van der Waals surface area contributed by atoms with E-state index in [0.29, 0.717) is 13.2 Å². The molecule has 0 spiro atoms. The number of aliphatic imine (C=N–C) groups is 2. The molecule has 204 valence electrons. The van der Waals surface area contributed by atoms with Crippen LogP contribution in [0, 0.1) is 5.41 Å². The summed E-state index contributed by atoms with van der Waals surface area (Å²) in [5, 5.41) is 0.228. The maximum atomic E-state index is 11.0. The lowest BCUT2D eigenvalue weighted by molar-refractivity contribution is -0.109. The summed E-state index contributed by atoms with van der Waals surface area (Å²) in [6.07, 6.45) is 10.6. The van der Waals surface area contributed by atoms with Gasteiger partial charge in [-0.15, -0.1) is 0 Å². The van der Waals surface area contributed by atoms with Gasteiger partial charge in [-0.05, 0) is 30.9 Å². The van der Waals surface area contributed by atoms with E-state index in [1.807, 2.05) is 12.1 Å². The standard InChI is InChI=1S/C32H42N2O3S/c1-25(35)38-22-16-8-6-4-3-5-7-15-21-32(2,30-33-28(23-36-30)26-17-11-9-12-18-26)31-34-29(24-37-31)27-19-13-10-14-20-27/h9-14,17-20,28-29H,3-8,15-16,21-24H2,1-2H3/t28-,29-/m0/s1. The molecule has 2 aromatic rings. The third-order valence-corrected chi connectivity index (χ3v) is 8.39. The molecule has 0 saturated heterocycles. The number of nitrogens with zero attached hydrogens (tertiary/aromatic N) is 2. The maximum absolute atomic E-state index is 11.0. The van der Waals surface area contributed by atoms with Gasteiger partial charge >= 0.3 is 0 Å². The molecular weight excluding hydrogens is 492 g/mol. The van der Waals surface area contributed by atoms with Gasteiger partial charge in [-0.3, -0.25) is 4.79 Å². The van der Waals surface area contributed by atoms with E-state index in [1.54, 1.807) is 6.92 Å². The molecule has 38 heavy (non-hydrogen) atoms. The highest BCUT2D eigenvalue weighted by molar-refractivity contribution is 8.13. The Labute approximate surface area is 232 Å². The van der Waals surface area contributed by atoms with Crippen LogP contribution >= 0.6 is 11.8 Å². The summed E-state index contributed by atoms with van der Waals surface area (Å²) in [7, 11) is 0. The number of benzene rings is 2. The molecular formula is C32H42N2O3S. The fraction of sp³-hybridized carbons (Fsp3) is 0.531. The van der Waals surface area contributed by atoms with E-state index in [1.165, 1.54) is 61.4 Å². The first-order valence-electron chi connectivity index (χ1n) is 14.2. The van der Waals surface area contributed by atoms with Crippen molar-refractivity contribution >= 4 is 28.7 Å². The van der Waals surface area contributed by atoms with Crippen molar-refractivity contribution in [1.29, 1.82) is 0 Å². The molecule has 2 aliphatic heterocycles. The van der Waals surface area contributed by atoms with Gasteiger partial charge in [0.25, 0.3) is 0 Å². The molecule has 0 aliphatic carbocycles. The Morgan fingerprint density at radius 3 is 1.68 bits per heavy atom. The van der Waals surface area contributed by atoms with Crippen LogP contribution in [0.25, 0.3) is 0 Å². The minimum atomic E-state index is -0.457. The van der Waals surface area contributed by atoms with Crippen LogP contribution in [-0.2, 0) is 14.3 Å². The van der Waals surface area contributed by atoms with Crippen LogP contribution in [0.5, 0.6) is 0 Å². The second kappa shape index (κ2) is 14.5. The zero-order chi connectivity index (χ0) is 26.6. The SMILES string of the molecule is CC(=O)SCCCCCCCCCCC(C)(C1=N[C@H](c2ccccc2)CO1)C1=N[C@H](c2ccccc2)CO1. The lowest BCUT2D eigenvalue weighted by Crippen LogP contribution is -2.37. The Hall–Kier alpha value is -2.60. The molecule has 0 N–H and O–H groups in total. The maximum Gasteiger partial charge on any atom is 0.199 e. The number of hydrogen-bond donors (Lipinski definition) is 0. The summed E-state index contributed by atoms with van der Waals surface area (Å²) in [6, 6.07) is 20.8. The van der Waals surface area contributed by atoms with Gasteiger partial charge in [-0.25, -0.2) is 9.98 Å². The van der Waals surface area contributed by atoms with Gasteiger partial charge in [0.2, 0.25) is 0 Å². The van der Waals surface area contributed by atoms with Gasteiger partial charge < -0.3 is 9.47 Å². The number of hydrogen-bond acceptors (Lipinski definition) is 6. The van der Waals surface area contributed by atoms with E-state index in [0.717, 1.165) is 36.8 Å². The Balaban J connectivity index is 1.33. The zero-order valence-electron chi connectivity index (χ0n) is 22.9. The fourth-order valence-electron chi connectivity index (χ4n) is 5.21. The van der Waals surface area contributed by atoms with Crippen LogP contribution in [0.1, 0.15) is 94.8 Å². The fourth-order valence-corrected chi connectivity index (χ4v) is 5.84. The summed E-state index contributed by atoms with van der Waals surface area (Å²) in [6.45, 7) is 4.98. The number of rotatable bonds is 15. The summed E-state index contributed by atoms with van der Waals surface area (Å²) in [5.74, 6) is 2.49. The molecule has 2 heterocycles. The monoisotopic (exact) mass is 534 g/mol. The molecule has 2 aliphatic rings. The third kappa shape index (κ3) is 7.95. The molecule has 0 aromatic heterocycles. The van der Waals surface area contributed by atoms with Crippen LogP contribution in [0.4, 0.5) is 0 Å². The first-order chi connectivity index (χ1) is 18.6. The van der Waals surface area contributed by atoms with E-state index in [2.05, 4.69) is 55.5 Å². The average Bonchev–Trinajstić information content (AvgIpc) is 3.64. The first kappa shape index (κ1) is 28.4. The van der Waals surface area contributed by atoms with Gasteiger partial charge in [0.15, 0.2) is 16.9 Å². The van der Waals surface area contributed by atoms with Gasteiger partial charge in [0, 0.05) is 12.7 Å². The molecule has 2 atom stereocenters. The van der Waals surface area contributed by atoms with Gasteiger partial charge in [0.1, 0.15) is 30.7 Å². The van der Waals surface area contributed by atoms with E-state index in [9.17, 15) is 4.79 Å². The Morgan fingerprint density at radius 1 is 0.763 bits per heavy atom. The number of carbonyl (C=O) groups excluding carboxylic acids is 1. The highest BCUT2D eigenvalue weighted by Gasteiger charge is 2.45. The lowest BCUT2D eigenvalue weighted by Gasteiger charge is -2.28. The van der Waals surface area contributed by atoms with Gasteiger partial charge in [-0.1, -0.05) is 117 Å². The quantitative estimate of drug-likeness (QED) is 0.216. The number of unbranched alkanes of at least 4 members (excludes halogenated alkanes) is 7. The summed E-state index contributed by atoms with van der Waals surface area (Å²) >= 11 is 1.45. The predicted molar refractivity (Wildman–Crippen MR) is 158 cm³/mol. The molecule has 0 amide bonds. The molecule has 4 rings (SSSR count). The van der Waals surface area contributed by atoms with Gasteiger partial charge in [-0.2, -0.15) is 0 Å². The molecule has 2 aromatic carbocycles. The summed E-state index contributed by atoms with van der Waals surface area (Å²) in [4.78, 5) is 21.1. The third-order valence-electron chi connectivity index (χ3n) is 7.49. The second-order valence-corrected chi connectivity index (χ2v) is 11.9. The topological polar surface area (TPSA) is 60.2 Å². The smallest absolute Gasteiger partial charge is 0.199 e. The van der Waals surface area contributed by atoms with Crippen molar-refractivity contribution in [3.8, 4) is 0 Å². The van der Waals surface area contributed by atoms with Crippen molar-refractivity contribution < 1.29 is 14.3 Å². The minimum Gasteiger partial charge on any atom is -0.478 e. The molecule has 0 bridgehead atoms. The molecule has 0 radical (unpaired) electrons. The average molecular weight is 535 g/mol. The van der Waals surface area contributed by atoms with Crippen LogP contribution in [-0.4, -0.2) is 35.9 Å². The van der Waals surface area contributed by atoms with E-state index >= 15 is 0 Å². The summed E-state index contributed by atoms with van der Waals surface area (Å²) in [5.41, 5.74) is 1.91. The number of carbonyl (C=O) groups is 1. The molecule has 6 heteroatoms. The van der Waals surface area contributed by atoms with Crippen molar-refractivity contribution in [3.63, 3.8) is 0 Å². The molecule has 0 fully saturated rings. The zero-order valence-corrected chi connectivity index (χ0v) is 23.8. The van der Waals surface area contributed by atoms with Gasteiger partial charge in [0.05, 0.1) is 0 Å². The van der Waals surface area contributed by atoms with E-state index in [4.69, 9.17) is 19.5 Å². The van der Waals surface area contributed by atoms with Crippen LogP contribution < -0.4 is 0 Å². The normalized spacial score (nSPS) is 19.0. The van der Waals surface area contributed by atoms with Crippen LogP contribution in [0.2, 0.25) is 0 Å². The van der Waals surface area contributed by atoms with E-state index in [-0.39, 0.29) is 17.2 Å². The van der Waals surface area contributed by atoms with E-state index < -0.39 is 5.41 Å². The summed E-state index contributed by atoms with van der Waals surface area (Å²) < 4.78 is 12.5. The number of ether oxygens (including phenoxy) is 2. The predicted octanol–water partition coefficient (Wildman–Crippen LogP) is 8.12. The van der Waals surface area contributed by atoms with Crippen LogP contribution in [0.3, 0.4) is 0 Å². The van der Waals surface area contributed by atoms with Crippen molar-refractivity contribution in [2.45, 2.75) is 83.7 Å². The van der Waals surface area contributed by atoms with Crippen molar-refractivity contribution in [2.24, 2.45) is 15.4 Å². The molecule has 0 unspecified atom stereocenters. The Bertz CT molecular complexity index is 1010. The Morgan fingerprint density at radius 2 is 1.21 bits per heavy atom.